The molecule has 0 aliphatic heterocycles. The molecule has 60 heavy (non-hydrogen) atoms. The van der Waals surface area contributed by atoms with E-state index in [0.29, 0.717) is 17.5 Å². The minimum Gasteiger partial charge on any atom is -0.455 e. The largest absolute Gasteiger partial charge is 0.455 e. The van der Waals surface area contributed by atoms with E-state index >= 15 is 0 Å². The maximum absolute atomic E-state index is 7.07. The number of para-hydroxylation sites is 1. The van der Waals surface area contributed by atoms with Crippen molar-refractivity contribution in [1.82, 2.24) is 19.5 Å². The Morgan fingerprint density at radius 2 is 0.867 bits per heavy atom. The summed E-state index contributed by atoms with van der Waals surface area (Å²) in [6, 6.07) is 72.0. The number of rotatable bonds is 6. The van der Waals surface area contributed by atoms with Gasteiger partial charge in [0.2, 0.25) is 0 Å². The Morgan fingerprint density at radius 3 is 1.52 bits per heavy atom. The fourth-order valence-electron chi connectivity index (χ4n) is 9.00. The molecule has 0 aliphatic rings. The third-order valence-corrected chi connectivity index (χ3v) is 11.7. The van der Waals surface area contributed by atoms with Gasteiger partial charge in [-0.1, -0.05) is 176 Å². The minimum absolute atomic E-state index is 0.576. The summed E-state index contributed by atoms with van der Waals surface area (Å²) in [5, 5.41) is 6.77. The van der Waals surface area contributed by atoms with E-state index in [1.54, 1.807) is 0 Å². The maximum Gasteiger partial charge on any atom is 0.164 e. The zero-order valence-corrected chi connectivity index (χ0v) is 32.3. The van der Waals surface area contributed by atoms with Gasteiger partial charge in [0, 0.05) is 38.4 Å². The molecule has 12 aromatic rings. The summed E-state index contributed by atoms with van der Waals surface area (Å²) in [4.78, 5) is 15.5. The van der Waals surface area contributed by atoms with Gasteiger partial charge in [0.1, 0.15) is 11.2 Å². The second-order valence-corrected chi connectivity index (χ2v) is 15.1. The van der Waals surface area contributed by atoms with Crippen LogP contribution < -0.4 is 0 Å². The molecule has 0 fully saturated rings. The first-order valence-corrected chi connectivity index (χ1v) is 20.2. The first-order valence-electron chi connectivity index (χ1n) is 20.2. The highest BCUT2D eigenvalue weighted by molar-refractivity contribution is 6.26. The van der Waals surface area contributed by atoms with E-state index in [0.717, 1.165) is 66.5 Å². The van der Waals surface area contributed by atoms with E-state index in [4.69, 9.17) is 19.4 Å². The van der Waals surface area contributed by atoms with Crippen LogP contribution >= 0.6 is 0 Å². The molecule has 12 rings (SSSR count). The van der Waals surface area contributed by atoms with Crippen molar-refractivity contribution in [3.8, 4) is 62.1 Å². The van der Waals surface area contributed by atoms with Crippen LogP contribution in [0.15, 0.2) is 211 Å². The molecular formula is C55H34N4O. The molecule has 5 nitrogen and oxygen atoms in total. The van der Waals surface area contributed by atoms with Crippen molar-refractivity contribution in [2.24, 2.45) is 0 Å². The van der Waals surface area contributed by atoms with Gasteiger partial charge < -0.3 is 8.98 Å². The Balaban J connectivity index is 1.23. The van der Waals surface area contributed by atoms with Crippen LogP contribution in [0.2, 0.25) is 0 Å². The van der Waals surface area contributed by atoms with Crippen molar-refractivity contribution in [1.29, 1.82) is 0 Å². The van der Waals surface area contributed by atoms with Crippen molar-refractivity contribution < 1.29 is 4.42 Å². The number of benzene rings is 9. The van der Waals surface area contributed by atoms with Crippen LogP contribution in [0.3, 0.4) is 0 Å². The Morgan fingerprint density at radius 1 is 0.333 bits per heavy atom. The highest BCUT2D eigenvalue weighted by Gasteiger charge is 2.25. The first kappa shape index (κ1) is 33.9. The highest BCUT2D eigenvalue weighted by atomic mass is 16.3. The van der Waals surface area contributed by atoms with Crippen LogP contribution in [0.4, 0.5) is 0 Å². The highest BCUT2D eigenvalue weighted by Crippen LogP contribution is 2.47. The Hall–Kier alpha value is -8.15. The molecule has 0 saturated carbocycles. The van der Waals surface area contributed by atoms with E-state index in [9.17, 15) is 0 Å². The summed E-state index contributed by atoms with van der Waals surface area (Å²) < 4.78 is 9.51. The zero-order valence-electron chi connectivity index (χ0n) is 32.3. The lowest BCUT2D eigenvalue weighted by Gasteiger charge is -2.15. The van der Waals surface area contributed by atoms with Crippen molar-refractivity contribution in [2.45, 2.75) is 0 Å². The molecule has 3 heterocycles. The third-order valence-electron chi connectivity index (χ3n) is 11.7. The lowest BCUT2D eigenvalue weighted by molar-refractivity contribution is 0.670. The van der Waals surface area contributed by atoms with Gasteiger partial charge in [-0.15, -0.1) is 0 Å². The van der Waals surface area contributed by atoms with E-state index in [1.807, 2.05) is 72.8 Å². The molecule has 3 aromatic heterocycles. The minimum atomic E-state index is 0.576. The molecule has 0 N–H and O–H groups in total. The first-order chi connectivity index (χ1) is 29.8. The standard InChI is InChI=1S/C55H34N4O/c1-5-18-35(19-6-1)39-32-33-46(59-45-30-16-15-28-42(45)49-41-27-14-13-26-40(41)44(34-47(49)59)36-20-7-2-8-21-36)51-50-43(29-17-31-48(50)60-52(39)51)55-57-53(37-22-9-3-10-23-37)56-54(58-55)38-24-11-4-12-25-38/h1-34H. The molecule has 280 valence electrons. The van der Waals surface area contributed by atoms with Gasteiger partial charge in [-0.3, -0.25) is 0 Å². The molecule has 0 aliphatic carbocycles. The molecule has 0 bridgehead atoms. The van der Waals surface area contributed by atoms with Crippen molar-refractivity contribution in [3.05, 3.63) is 206 Å². The molecule has 0 unspecified atom stereocenters. The van der Waals surface area contributed by atoms with E-state index < -0.39 is 0 Å². The average Bonchev–Trinajstić information content (AvgIpc) is 3.89. The predicted molar refractivity (Wildman–Crippen MR) is 246 cm³/mol. The second kappa shape index (κ2) is 13.8. The Bertz CT molecular complexity index is 3520. The lowest BCUT2D eigenvalue weighted by Crippen LogP contribution is -2.00. The van der Waals surface area contributed by atoms with E-state index in [1.165, 1.54) is 32.7 Å². The van der Waals surface area contributed by atoms with Gasteiger partial charge in [-0.2, -0.15) is 0 Å². The van der Waals surface area contributed by atoms with Crippen LogP contribution in [0, 0.1) is 0 Å². The SMILES string of the molecule is c1ccc(-c2nc(-c3ccccc3)nc(-c3cccc4oc5c(-c6ccccc6)ccc(-n6c7ccccc7c7c8ccccc8c(-c8ccccc8)cc76)c5c34)n2)cc1. The van der Waals surface area contributed by atoms with E-state index in [-0.39, 0.29) is 0 Å². The number of fused-ring (bicyclic) bond motifs is 8. The van der Waals surface area contributed by atoms with Gasteiger partial charge >= 0.3 is 0 Å². The topological polar surface area (TPSA) is 56.7 Å². The summed E-state index contributed by atoms with van der Waals surface area (Å²) in [6.45, 7) is 0. The van der Waals surface area contributed by atoms with Gasteiger partial charge in [0.05, 0.1) is 22.1 Å². The van der Waals surface area contributed by atoms with Crippen molar-refractivity contribution in [2.75, 3.05) is 0 Å². The quantitative estimate of drug-likeness (QED) is 0.169. The summed E-state index contributed by atoms with van der Waals surface area (Å²) in [7, 11) is 0. The third kappa shape index (κ3) is 5.37. The zero-order chi connectivity index (χ0) is 39.6. The van der Waals surface area contributed by atoms with Gasteiger partial charge in [-0.05, 0) is 57.8 Å². The Labute approximate surface area is 345 Å². The Kier molecular flexibility index (Phi) is 7.78. The number of furan rings is 1. The second-order valence-electron chi connectivity index (χ2n) is 15.1. The van der Waals surface area contributed by atoms with Crippen LogP contribution in [-0.4, -0.2) is 19.5 Å². The smallest absolute Gasteiger partial charge is 0.164 e. The molecular weight excluding hydrogens is 733 g/mol. The molecule has 0 amide bonds. The van der Waals surface area contributed by atoms with Crippen LogP contribution in [0.1, 0.15) is 0 Å². The van der Waals surface area contributed by atoms with Crippen LogP contribution in [-0.2, 0) is 0 Å². The molecule has 9 aromatic carbocycles. The van der Waals surface area contributed by atoms with Crippen molar-refractivity contribution >= 4 is 54.5 Å². The molecule has 0 spiro atoms. The summed E-state index contributed by atoms with van der Waals surface area (Å²) in [5.41, 5.74) is 11.9. The summed E-state index contributed by atoms with van der Waals surface area (Å²) >= 11 is 0. The van der Waals surface area contributed by atoms with Gasteiger partial charge in [0.15, 0.2) is 17.5 Å². The maximum atomic E-state index is 7.07. The predicted octanol–water partition coefficient (Wildman–Crippen LogP) is 14.4. The summed E-state index contributed by atoms with van der Waals surface area (Å²) in [6.07, 6.45) is 0. The number of aromatic nitrogens is 4. The van der Waals surface area contributed by atoms with Crippen LogP contribution in [0.5, 0.6) is 0 Å². The van der Waals surface area contributed by atoms with Gasteiger partial charge in [0.25, 0.3) is 0 Å². The molecule has 0 atom stereocenters. The van der Waals surface area contributed by atoms with Gasteiger partial charge in [-0.25, -0.2) is 15.0 Å². The monoisotopic (exact) mass is 766 g/mol. The average molecular weight is 767 g/mol. The van der Waals surface area contributed by atoms with E-state index in [2.05, 4.69) is 138 Å². The molecule has 0 saturated heterocycles. The normalized spacial score (nSPS) is 11.7. The number of nitrogens with zero attached hydrogens (tertiary/aromatic N) is 4. The number of hydrogen-bond acceptors (Lipinski definition) is 4. The van der Waals surface area contributed by atoms with Crippen LogP contribution in [0.25, 0.3) is 117 Å². The summed E-state index contributed by atoms with van der Waals surface area (Å²) in [5.74, 6) is 1.79. The lowest BCUT2D eigenvalue weighted by atomic mass is 9.95. The van der Waals surface area contributed by atoms with Crippen molar-refractivity contribution in [3.63, 3.8) is 0 Å². The fourth-order valence-corrected chi connectivity index (χ4v) is 9.00. The number of hydrogen-bond donors (Lipinski definition) is 0. The molecule has 0 radical (unpaired) electrons. The fraction of sp³-hybridized carbons (Fsp3) is 0. The molecule has 5 heteroatoms.